The van der Waals surface area contributed by atoms with Gasteiger partial charge >= 0.3 is 0 Å². The summed E-state index contributed by atoms with van der Waals surface area (Å²) in [5.41, 5.74) is 1.90. The summed E-state index contributed by atoms with van der Waals surface area (Å²) in [6.45, 7) is 5.99. The first-order chi connectivity index (χ1) is 11.2. The summed E-state index contributed by atoms with van der Waals surface area (Å²) in [5, 5.41) is 6.21. The van der Waals surface area contributed by atoms with Crippen molar-refractivity contribution in [1.82, 2.24) is 5.32 Å². The Hall–Kier alpha value is -1.31. The standard InChI is InChI=1S/C17H27N3O3S.ClH/c1-12-4-5-15(11-16(12)20-24(3,22)23)19-17(21)10-13(2)14-6-8-18-9-7-14;/h4-5,11,13-14,18,20H,6-10H2,1-3H3,(H,19,21);1H. The summed E-state index contributed by atoms with van der Waals surface area (Å²) in [7, 11) is -3.35. The summed E-state index contributed by atoms with van der Waals surface area (Å²) in [4.78, 5) is 12.3. The Labute approximate surface area is 156 Å². The maximum Gasteiger partial charge on any atom is 0.229 e. The lowest BCUT2D eigenvalue weighted by molar-refractivity contribution is -0.117. The van der Waals surface area contributed by atoms with E-state index >= 15 is 0 Å². The maximum atomic E-state index is 12.3. The second-order valence-electron chi connectivity index (χ2n) is 6.72. The van der Waals surface area contributed by atoms with Gasteiger partial charge in [0.2, 0.25) is 15.9 Å². The molecule has 1 aromatic carbocycles. The molecular formula is C17H28ClN3O3S. The molecule has 0 aromatic heterocycles. The van der Waals surface area contributed by atoms with Crippen LogP contribution in [0.2, 0.25) is 0 Å². The number of anilines is 2. The third-order valence-electron chi connectivity index (χ3n) is 4.51. The van der Waals surface area contributed by atoms with Crippen molar-refractivity contribution < 1.29 is 13.2 Å². The fraction of sp³-hybridized carbons (Fsp3) is 0.588. The Morgan fingerprint density at radius 1 is 1.32 bits per heavy atom. The molecule has 0 saturated carbocycles. The second-order valence-corrected chi connectivity index (χ2v) is 8.47. The molecule has 0 bridgehead atoms. The molecule has 1 saturated heterocycles. The highest BCUT2D eigenvalue weighted by molar-refractivity contribution is 7.92. The fourth-order valence-corrected chi connectivity index (χ4v) is 3.71. The van der Waals surface area contributed by atoms with E-state index in [1.807, 2.05) is 6.92 Å². The quantitative estimate of drug-likeness (QED) is 0.698. The SMILES string of the molecule is Cc1ccc(NC(=O)CC(C)C2CCNCC2)cc1NS(C)(=O)=O.Cl. The molecule has 1 aliphatic rings. The van der Waals surface area contributed by atoms with Crippen LogP contribution in [0.1, 0.15) is 31.7 Å². The summed E-state index contributed by atoms with van der Waals surface area (Å²) in [5.74, 6) is 0.888. The van der Waals surface area contributed by atoms with E-state index in [4.69, 9.17) is 0 Å². The van der Waals surface area contributed by atoms with Crippen LogP contribution in [0.5, 0.6) is 0 Å². The minimum absolute atomic E-state index is 0. The Morgan fingerprint density at radius 3 is 2.56 bits per heavy atom. The largest absolute Gasteiger partial charge is 0.326 e. The Kier molecular flexibility index (Phi) is 8.18. The van der Waals surface area contributed by atoms with E-state index in [1.165, 1.54) is 0 Å². The molecule has 25 heavy (non-hydrogen) atoms. The second kappa shape index (κ2) is 9.40. The van der Waals surface area contributed by atoms with Gasteiger partial charge in [-0.2, -0.15) is 0 Å². The van der Waals surface area contributed by atoms with Gasteiger partial charge < -0.3 is 10.6 Å². The average Bonchev–Trinajstić information content (AvgIpc) is 2.50. The smallest absolute Gasteiger partial charge is 0.229 e. The maximum absolute atomic E-state index is 12.3. The molecule has 142 valence electrons. The van der Waals surface area contributed by atoms with Crippen molar-refractivity contribution in [2.24, 2.45) is 11.8 Å². The number of hydrogen-bond acceptors (Lipinski definition) is 4. The van der Waals surface area contributed by atoms with Gasteiger partial charge in [-0.1, -0.05) is 13.0 Å². The molecule has 6 nitrogen and oxygen atoms in total. The molecular weight excluding hydrogens is 362 g/mol. The minimum atomic E-state index is -3.35. The number of benzene rings is 1. The zero-order valence-electron chi connectivity index (χ0n) is 15.0. The van der Waals surface area contributed by atoms with Crippen LogP contribution in [0.25, 0.3) is 0 Å². The number of sulfonamides is 1. The number of carbonyl (C=O) groups is 1. The van der Waals surface area contributed by atoms with Crippen molar-refractivity contribution in [3.63, 3.8) is 0 Å². The minimum Gasteiger partial charge on any atom is -0.326 e. The Morgan fingerprint density at radius 2 is 1.96 bits per heavy atom. The van der Waals surface area contributed by atoms with Gasteiger partial charge in [-0.3, -0.25) is 9.52 Å². The number of amides is 1. The molecule has 1 heterocycles. The van der Waals surface area contributed by atoms with E-state index in [0.717, 1.165) is 37.8 Å². The van der Waals surface area contributed by atoms with E-state index in [-0.39, 0.29) is 18.3 Å². The zero-order chi connectivity index (χ0) is 17.7. The molecule has 1 aromatic rings. The first kappa shape index (κ1) is 21.7. The van der Waals surface area contributed by atoms with E-state index in [0.29, 0.717) is 29.6 Å². The lowest BCUT2D eigenvalue weighted by Crippen LogP contribution is -2.32. The molecule has 1 aliphatic heterocycles. The van der Waals surface area contributed by atoms with Gasteiger partial charge in [-0.25, -0.2) is 8.42 Å². The monoisotopic (exact) mass is 389 g/mol. The van der Waals surface area contributed by atoms with E-state index < -0.39 is 10.0 Å². The highest BCUT2D eigenvalue weighted by Gasteiger charge is 2.22. The van der Waals surface area contributed by atoms with Crippen LogP contribution in [-0.4, -0.2) is 33.7 Å². The molecule has 0 radical (unpaired) electrons. The van der Waals surface area contributed by atoms with Crippen LogP contribution < -0.4 is 15.4 Å². The molecule has 1 atom stereocenters. The zero-order valence-corrected chi connectivity index (χ0v) is 16.6. The molecule has 1 unspecified atom stereocenters. The Balaban J connectivity index is 0.00000312. The number of nitrogens with one attached hydrogen (secondary N) is 3. The van der Waals surface area contributed by atoms with Gasteiger partial charge in [-0.15, -0.1) is 12.4 Å². The molecule has 0 aliphatic carbocycles. The molecule has 8 heteroatoms. The van der Waals surface area contributed by atoms with Gasteiger partial charge in [-0.05, 0) is 62.4 Å². The molecule has 1 amide bonds. The summed E-state index contributed by atoms with van der Waals surface area (Å²) in [6, 6.07) is 5.23. The number of rotatable bonds is 6. The first-order valence-electron chi connectivity index (χ1n) is 8.33. The van der Waals surface area contributed by atoms with Crippen LogP contribution in [0, 0.1) is 18.8 Å². The van der Waals surface area contributed by atoms with Gasteiger partial charge in [0, 0.05) is 12.1 Å². The summed E-state index contributed by atoms with van der Waals surface area (Å²) < 4.78 is 25.3. The van der Waals surface area contributed by atoms with E-state index in [1.54, 1.807) is 18.2 Å². The molecule has 0 spiro atoms. The van der Waals surface area contributed by atoms with E-state index in [2.05, 4.69) is 22.3 Å². The fourth-order valence-electron chi connectivity index (χ4n) is 3.09. The van der Waals surface area contributed by atoms with Crippen LogP contribution in [0.3, 0.4) is 0 Å². The molecule has 1 fully saturated rings. The molecule has 2 rings (SSSR count). The normalized spacial score (nSPS) is 16.6. The summed E-state index contributed by atoms with van der Waals surface area (Å²) in [6.07, 6.45) is 3.81. The highest BCUT2D eigenvalue weighted by Crippen LogP contribution is 2.25. The number of hydrogen-bond donors (Lipinski definition) is 3. The third kappa shape index (κ3) is 7.22. The van der Waals surface area contributed by atoms with Crippen molar-refractivity contribution in [2.45, 2.75) is 33.1 Å². The highest BCUT2D eigenvalue weighted by atomic mass is 35.5. The topological polar surface area (TPSA) is 87.3 Å². The number of halogens is 1. The number of piperidine rings is 1. The van der Waals surface area contributed by atoms with Crippen molar-refractivity contribution in [3.05, 3.63) is 23.8 Å². The van der Waals surface area contributed by atoms with Crippen LogP contribution >= 0.6 is 12.4 Å². The van der Waals surface area contributed by atoms with Gasteiger partial charge in [0.1, 0.15) is 0 Å². The lowest BCUT2D eigenvalue weighted by Gasteiger charge is -2.27. The predicted octanol–water partition coefficient (Wildman–Crippen LogP) is 2.75. The van der Waals surface area contributed by atoms with Gasteiger partial charge in [0.05, 0.1) is 11.9 Å². The van der Waals surface area contributed by atoms with Crippen molar-refractivity contribution in [2.75, 3.05) is 29.4 Å². The van der Waals surface area contributed by atoms with Crippen LogP contribution in [0.15, 0.2) is 18.2 Å². The van der Waals surface area contributed by atoms with Crippen molar-refractivity contribution >= 4 is 39.7 Å². The first-order valence-corrected chi connectivity index (χ1v) is 10.2. The van der Waals surface area contributed by atoms with E-state index in [9.17, 15) is 13.2 Å². The third-order valence-corrected chi connectivity index (χ3v) is 5.10. The van der Waals surface area contributed by atoms with Crippen molar-refractivity contribution in [1.29, 1.82) is 0 Å². The van der Waals surface area contributed by atoms with Gasteiger partial charge in [0.15, 0.2) is 0 Å². The molecule has 3 N–H and O–H groups in total. The lowest BCUT2D eigenvalue weighted by atomic mass is 9.84. The number of aryl methyl sites for hydroxylation is 1. The predicted molar refractivity (Wildman–Crippen MR) is 105 cm³/mol. The van der Waals surface area contributed by atoms with Crippen LogP contribution in [0.4, 0.5) is 11.4 Å². The van der Waals surface area contributed by atoms with Gasteiger partial charge in [0.25, 0.3) is 0 Å². The van der Waals surface area contributed by atoms with Crippen molar-refractivity contribution in [3.8, 4) is 0 Å². The van der Waals surface area contributed by atoms with Crippen LogP contribution in [-0.2, 0) is 14.8 Å². The Bertz CT molecular complexity index is 688. The average molecular weight is 390 g/mol. The number of carbonyl (C=O) groups excluding carboxylic acids is 1. The summed E-state index contributed by atoms with van der Waals surface area (Å²) >= 11 is 0.